The molecule has 0 aliphatic carbocycles. The van der Waals surface area contributed by atoms with Crippen LogP contribution in [0.3, 0.4) is 0 Å². The van der Waals surface area contributed by atoms with E-state index in [9.17, 15) is 0 Å². The number of thiophene rings is 1. The van der Waals surface area contributed by atoms with Crippen LogP contribution in [-0.4, -0.2) is 38.2 Å². The van der Waals surface area contributed by atoms with Gasteiger partial charge in [-0.2, -0.15) is 5.10 Å². The minimum Gasteiger partial charge on any atom is -0.290 e. The number of fused-ring (bicyclic) bond motifs is 1. The fraction of sp³-hybridized carbons (Fsp3) is 0.286. The summed E-state index contributed by atoms with van der Waals surface area (Å²) in [5, 5.41) is 7.16. The SMILES string of the molecule is Cc1[nH]ncc1-c1cc2nc(C(c3ccccc3)N3CCCC3)ncc2s1. The molecule has 0 saturated carbocycles. The van der Waals surface area contributed by atoms with Crippen LogP contribution in [0.25, 0.3) is 20.7 Å². The molecule has 0 amide bonds. The first-order valence-corrected chi connectivity index (χ1v) is 10.2. The summed E-state index contributed by atoms with van der Waals surface area (Å²) in [6.07, 6.45) is 6.35. The molecule has 27 heavy (non-hydrogen) atoms. The Balaban J connectivity index is 1.58. The van der Waals surface area contributed by atoms with Crippen molar-refractivity contribution in [3.63, 3.8) is 0 Å². The van der Waals surface area contributed by atoms with E-state index in [4.69, 9.17) is 9.97 Å². The van der Waals surface area contributed by atoms with Crippen molar-refractivity contribution in [1.82, 2.24) is 25.1 Å². The number of nitrogens with zero attached hydrogens (tertiary/aromatic N) is 4. The topological polar surface area (TPSA) is 57.7 Å². The molecule has 1 fully saturated rings. The molecule has 1 aliphatic heterocycles. The van der Waals surface area contributed by atoms with E-state index in [0.717, 1.165) is 40.4 Å². The molecule has 0 radical (unpaired) electrons. The third kappa shape index (κ3) is 3.05. The summed E-state index contributed by atoms with van der Waals surface area (Å²) in [5.74, 6) is 0.892. The van der Waals surface area contributed by atoms with E-state index in [0.29, 0.717) is 0 Å². The van der Waals surface area contributed by atoms with Crippen molar-refractivity contribution in [1.29, 1.82) is 0 Å². The zero-order valence-electron chi connectivity index (χ0n) is 15.2. The van der Waals surface area contributed by atoms with Gasteiger partial charge < -0.3 is 0 Å². The molecule has 136 valence electrons. The molecule has 5 nitrogen and oxygen atoms in total. The first-order valence-electron chi connectivity index (χ1n) is 9.35. The summed E-state index contributed by atoms with van der Waals surface area (Å²) in [4.78, 5) is 13.4. The summed E-state index contributed by atoms with van der Waals surface area (Å²) in [7, 11) is 0. The van der Waals surface area contributed by atoms with Gasteiger partial charge in [-0.3, -0.25) is 10.00 Å². The Labute approximate surface area is 162 Å². The van der Waals surface area contributed by atoms with Crippen LogP contribution >= 0.6 is 11.3 Å². The summed E-state index contributed by atoms with van der Waals surface area (Å²) >= 11 is 1.72. The Morgan fingerprint density at radius 2 is 1.93 bits per heavy atom. The molecule has 1 unspecified atom stereocenters. The van der Waals surface area contributed by atoms with Crippen molar-refractivity contribution in [3.05, 3.63) is 65.9 Å². The van der Waals surface area contributed by atoms with E-state index >= 15 is 0 Å². The van der Waals surface area contributed by atoms with E-state index < -0.39 is 0 Å². The molecular formula is C21H21N5S. The van der Waals surface area contributed by atoms with Gasteiger partial charge in [-0.05, 0) is 44.5 Å². The molecule has 4 aromatic rings. The second kappa shape index (κ2) is 6.87. The number of benzene rings is 1. The van der Waals surface area contributed by atoms with E-state index in [-0.39, 0.29) is 6.04 Å². The van der Waals surface area contributed by atoms with E-state index in [1.807, 2.05) is 19.3 Å². The van der Waals surface area contributed by atoms with Crippen molar-refractivity contribution in [2.24, 2.45) is 0 Å². The van der Waals surface area contributed by atoms with Gasteiger partial charge in [-0.25, -0.2) is 9.97 Å². The zero-order chi connectivity index (χ0) is 18.2. The standard InChI is InChI=1S/C21H21N5S/c1-14-16(12-23-25-14)18-11-17-19(27-18)13-22-21(24-17)20(26-9-5-6-10-26)15-7-3-2-4-8-15/h2-4,7-8,11-13,20H,5-6,9-10H2,1H3,(H,23,25). The Bertz CT molecular complexity index is 1060. The number of aromatic nitrogens is 4. The van der Waals surface area contributed by atoms with Gasteiger partial charge >= 0.3 is 0 Å². The van der Waals surface area contributed by atoms with Crippen molar-refractivity contribution < 1.29 is 0 Å². The molecule has 6 heteroatoms. The molecule has 5 rings (SSSR count). The fourth-order valence-electron chi connectivity index (χ4n) is 3.87. The van der Waals surface area contributed by atoms with Crippen LogP contribution in [-0.2, 0) is 0 Å². The highest BCUT2D eigenvalue weighted by Gasteiger charge is 2.27. The predicted octanol–water partition coefficient (Wildman–Crippen LogP) is 4.58. The lowest BCUT2D eigenvalue weighted by Crippen LogP contribution is -2.28. The average Bonchev–Trinajstić information content (AvgIpc) is 3.43. The van der Waals surface area contributed by atoms with Crippen molar-refractivity contribution >= 4 is 21.6 Å². The number of hydrogen-bond acceptors (Lipinski definition) is 5. The highest BCUT2D eigenvalue weighted by molar-refractivity contribution is 7.22. The monoisotopic (exact) mass is 375 g/mol. The lowest BCUT2D eigenvalue weighted by atomic mass is 10.0. The van der Waals surface area contributed by atoms with E-state index in [1.165, 1.54) is 23.3 Å². The van der Waals surface area contributed by atoms with Gasteiger partial charge in [0.1, 0.15) is 0 Å². The molecule has 1 atom stereocenters. The van der Waals surface area contributed by atoms with Crippen LogP contribution in [0.4, 0.5) is 0 Å². The lowest BCUT2D eigenvalue weighted by Gasteiger charge is -2.26. The molecule has 3 aromatic heterocycles. The molecule has 1 aliphatic rings. The summed E-state index contributed by atoms with van der Waals surface area (Å²) < 4.78 is 1.11. The third-order valence-corrected chi connectivity index (χ3v) is 6.34. The van der Waals surface area contributed by atoms with Crippen LogP contribution in [0, 0.1) is 6.92 Å². The van der Waals surface area contributed by atoms with Gasteiger partial charge in [0, 0.05) is 22.3 Å². The number of rotatable bonds is 4. The van der Waals surface area contributed by atoms with Gasteiger partial charge in [0.05, 0.1) is 22.5 Å². The van der Waals surface area contributed by atoms with Crippen LogP contribution in [0.5, 0.6) is 0 Å². The Morgan fingerprint density at radius 3 is 2.67 bits per heavy atom. The Hall–Kier alpha value is -2.57. The maximum atomic E-state index is 4.98. The minimum absolute atomic E-state index is 0.122. The van der Waals surface area contributed by atoms with Crippen molar-refractivity contribution in [3.8, 4) is 10.4 Å². The van der Waals surface area contributed by atoms with Crippen molar-refractivity contribution in [2.45, 2.75) is 25.8 Å². The van der Waals surface area contributed by atoms with E-state index in [1.54, 1.807) is 11.3 Å². The normalized spacial score (nSPS) is 16.2. The van der Waals surface area contributed by atoms with Gasteiger partial charge in [0.2, 0.25) is 0 Å². The molecule has 0 spiro atoms. The number of H-pyrrole nitrogens is 1. The number of aryl methyl sites for hydroxylation is 1. The highest BCUT2D eigenvalue weighted by Crippen LogP contribution is 2.35. The summed E-state index contributed by atoms with van der Waals surface area (Å²) in [5.41, 5.74) is 4.49. The molecule has 1 aromatic carbocycles. The van der Waals surface area contributed by atoms with Gasteiger partial charge in [-0.1, -0.05) is 30.3 Å². The average molecular weight is 376 g/mol. The molecule has 0 bridgehead atoms. The smallest absolute Gasteiger partial charge is 0.150 e. The maximum Gasteiger partial charge on any atom is 0.150 e. The van der Waals surface area contributed by atoms with Crippen LogP contribution in [0.2, 0.25) is 0 Å². The second-order valence-electron chi connectivity index (χ2n) is 7.05. The quantitative estimate of drug-likeness (QED) is 0.567. The zero-order valence-corrected chi connectivity index (χ0v) is 16.0. The van der Waals surface area contributed by atoms with Gasteiger partial charge in [0.15, 0.2) is 5.82 Å². The van der Waals surface area contributed by atoms with Gasteiger partial charge in [-0.15, -0.1) is 11.3 Å². The molecule has 1 N–H and O–H groups in total. The molecule has 4 heterocycles. The largest absolute Gasteiger partial charge is 0.290 e. The highest BCUT2D eigenvalue weighted by atomic mass is 32.1. The second-order valence-corrected chi connectivity index (χ2v) is 8.14. The number of hydrogen-bond donors (Lipinski definition) is 1. The maximum absolute atomic E-state index is 4.98. The number of aromatic amines is 1. The fourth-order valence-corrected chi connectivity index (χ4v) is 4.91. The molecular weight excluding hydrogens is 354 g/mol. The van der Waals surface area contributed by atoms with Crippen LogP contribution in [0.1, 0.15) is 36.0 Å². The Kier molecular flexibility index (Phi) is 4.22. The summed E-state index contributed by atoms with van der Waals surface area (Å²) in [6.45, 7) is 4.25. The Morgan fingerprint density at radius 1 is 1.11 bits per heavy atom. The van der Waals surface area contributed by atoms with Crippen LogP contribution in [0.15, 0.2) is 48.8 Å². The minimum atomic E-state index is 0.122. The first-order chi connectivity index (χ1) is 13.3. The first kappa shape index (κ1) is 16.6. The van der Waals surface area contributed by atoms with Crippen LogP contribution < -0.4 is 0 Å². The lowest BCUT2D eigenvalue weighted by molar-refractivity contribution is 0.272. The summed E-state index contributed by atoms with van der Waals surface area (Å²) in [6, 6.07) is 12.9. The third-order valence-electron chi connectivity index (χ3n) is 5.25. The number of nitrogens with one attached hydrogen (secondary N) is 1. The predicted molar refractivity (Wildman–Crippen MR) is 109 cm³/mol. The van der Waals surface area contributed by atoms with Gasteiger partial charge in [0.25, 0.3) is 0 Å². The molecule has 1 saturated heterocycles. The van der Waals surface area contributed by atoms with Crippen molar-refractivity contribution in [2.75, 3.05) is 13.1 Å². The number of likely N-dealkylation sites (tertiary alicyclic amines) is 1. The van der Waals surface area contributed by atoms with E-state index in [2.05, 4.69) is 51.5 Å².